The fourth-order valence-electron chi connectivity index (χ4n) is 2.54. The molecule has 1 aliphatic heterocycles. The van der Waals surface area contributed by atoms with Gasteiger partial charge in [-0.1, -0.05) is 30.3 Å². The quantitative estimate of drug-likeness (QED) is 0.823. The lowest BCUT2D eigenvalue weighted by Crippen LogP contribution is -2.32. The molecule has 1 aromatic carbocycles. The molecule has 0 saturated carbocycles. The van der Waals surface area contributed by atoms with Crippen LogP contribution in [0.2, 0.25) is 0 Å². The van der Waals surface area contributed by atoms with Crippen LogP contribution in [0.15, 0.2) is 30.3 Å². The molecule has 1 aliphatic rings. The highest BCUT2D eigenvalue weighted by Gasteiger charge is 2.18. The molecule has 1 heterocycles. The van der Waals surface area contributed by atoms with E-state index in [2.05, 4.69) is 46.8 Å². The van der Waals surface area contributed by atoms with Crippen molar-refractivity contribution in [2.24, 2.45) is 0 Å². The van der Waals surface area contributed by atoms with E-state index in [-0.39, 0.29) is 0 Å². The summed E-state index contributed by atoms with van der Waals surface area (Å²) in [7, 11) is 0. The molecule has 100 valence electrons. The van der Waals surface area contributed by atoms with E-state index in [9.17, 15) is 0 Å². The molecule has 1 unspecified atom stereocenters. The van der Waals surface area contributed by atoms with Crippen LogP contribution in [0.1, 0.15) is 24.4 Å². The Hall–Kier alpha value is -0.510. The summed E-state index contributed by atoms with van der Waals surface area (Å²) < 4.78 is 0. The van der Waals surface area contributed by atoms with Crippen LogP contribution in [-0.4, -0.2) is 43.1 Å². The lowest BCUT2D eigenvalue weighted by molar-refractivity contribution is 0.270. The van der Waals surface area contributed by atoms with Crippen molar-refractivity contribution < 1.29 is 0 Å². The molecule has 0 aliphatic carbocycles. The van der Waals surface area contributed by atoms with Gasteiger partial charge in [-0.3, -0.25) is 0 Å². The molecule has 18 heavy (non-hydrogen) atoms. The largest absolute Gasteiger partial charge is 0.309 e. The SMILES string of the molecule is CSCCCN1CCCNC(c2ccccc2)C1. The van der Waals surface area contributed by atoms with Crippen molar-refractivity contribution in [3.8, 4) is 0 Å². The van der Waals surface area contributed by atoms with Gasteiger partial charge in [0.25, 0.3) is 0 Å². The first-order valence-electron chi connectivity index (χ1n) is 6.90. The van der Waals surface area contributed by atoms with E-state index in [1.807, 2.05) is 11.8 Å². The molecule has 0 bridgehead atoms. The molecule has 0 aromatic heterocycles. The topological polar surface area (TPSA) is 15.3 Å². The summed E-state index contributed by atoms with van der Waals surface area (Å²) in [5.74, 6) is 1.28. The Bertz CT molecular complexity index is 329. The van der Waals surface area contributed by atoms with E-state index in [4.69, 9.17) is 0 Å². The average Bonchev–Trinajstić information content (AvgIpc) is 2.66. The zero-order valence-corrected chi connectivity index (χ0v) is 12.1. The third-order valence-corrected chi connectivity index (χ3v) is 4.20. The van der Waals surface area contributed by atoms with Gasteiger partial charge in [-0.15, -0.1) is 0 Å². The van der Waals surface area contributed by atoms with Gasteiger partial charge in [0.1, 0.15) is 0 Å². The Kier molecular flexibility index (Phi) is 6.05. The number of hydrogen-bond acceptors (Lipinski definition) is 3. The lowest BCUT2D eigenvalue weighted by atomic mass is 10.1. The van der Waals surface area contributed by atoms with Gasteiger partial charge in [-0.2, -0.15) is 11.8 Å². The molecule has 1 fully saturated rings. The van der Waals surface area contributed by atoms with Gasteiger partial charge in [0.15, 0.2) is 0 Å². The van der Waals surface area contributed by atoms with Crippen molar-refractivity contribution in [3.63, 3.8) is 0 Å². The maximum Gasteiger partial charge on any atom is 0.0449 e. The summed E-state index contributed by atoms with van der Waals surface area (Å²) in [6.07, 6.45) is 4.77. The van der Waals surface area contributed by atoms with E-state index in [0.717, 1.165) is 13.1 Å². The standard InChI is InChI=1S/C15H24N2S/c1-18-12-6-11-17-10-5-9-16-15(13-17)14-7-3-2-4-8-14/h2-4,7-8,15-16H,5-6,9-13H2,1H3. The van der Waals surface area contributed by atoms with Gasteiger partial charge >= 0.3 is 0 Å². The Morgan fingerprint density at radius 1 is 1.33 bits per heavy atom. The summed E-state index contributed by atoms with van der Waals surface area (Å²) in [5, 5.41) is 3.67. The van der Waals surface area contributed by atoms with Crippen LogP contribution in [0, 0.1) is 0 Å². The fraction of sp³-hybridized carbons (Fsp3) is 0.600. The van der Waals surface area contributed by atoms with Crippen molar-refractivity contribution in [1.29, 1.82) is 0 Å². The summed E-state index contributed by atoms with van der Waals surface area (Å²) in [5.41, 5.74) is 1.43. The summed E-state index contributed by atoms with van der Waals surface area (Å²) in [6.45, 7) is 4.77. The predicted octanol–water partition coefficient (Wildman–Crippen LogP) is 2.78. The smallest absolute Gasteiger partial charge is 0.0449 e. The number of benzene rings is 1. The highest BCUT2D eigenvalue weighted by molar-refractivity contribution is 7.98. The second-order valence-electron chi connectivity index (χ2n) is 4.92. The predicted molar refractivity (Wildman–Crippen MR) is 81.2 cm³/mol. The number of nitrogens with zero attached hydrogens (tertiary/aromatic N) is 1. The zero-order chi connectivity index (χ0) is 12.6. The van der Waals surface area contributed by atoms with Crippen molar-refractivity contribution in [2.75, 3.05) is 38.2 Å². The van der Waals surface area contributed by atoms with Gasteiger partial charge in [0, 0.05) is 12.6 Å². The second kappa shape index (κ2) is 7.82. The first-order chi connectivity index (χ1) is 8.90. The Labute approximate surface area is 115 Å². The molecule has 0 amide bonds. The van der Waals surface area contributed by atoms with E-state index in [0.29, 0.717) is 6.04 Å². The van der Waals surface area contributed by atoms with Crippen LogP contribution in [0.4, 0.5) is 0 Å². The molecule has 1 atom stereocenters. The Morgan fingerprint density at radius 2 is 2.17 bits per heavy atom. The van der Waals surface area contributed by atoms with Crippen molar-refractivity contribution in [1.82, 2.24) is 10.2 Å². The number of rotatable bonds is 5. The van der Waals surface area contributed by atoms with E-state index >= 15 is 0 Å². The van der Waals surface area contributed by atoms with E-state index in [1.54, 1.807) is 0 Å². The molecule has 3 heteroatoms. The van der Waals surface area contributed by atoms with Crippen molar-refractivity contribution in [2.45, 2.75) is 18.9 Å². The van der Waals surface area contributed by atoms with Gasteiger partial charge < -0.3 is 10.2 Å². The first-order valence-corrected chi connectivity index (χ1v) is 8.29. The van der Waals surface area contributed by atoms with Gasteiger partial charge in [0.05, 0.1) is 0 Å². The monoisotopic (exact) mass is 264 g/mol. The minimum Gasteiger partial charge on any atom is -0.309 e. The van der Waals surface area contributed by atoms with E-state index in [1.165, 1.54) is 37.2 Å². The van der Waals surface area contributed by atoms with Crippen molar-refractivity contribution >= 4 is 11.8 Å². The number of thioether (sulfide) groups is 1. The molecule has 2 rings (SSSR count). The molecule has 0 radical (unpaired) electrons. The number of hydrogen-bond donors (Lipinski definition) is 1. The van der Waals surface area contributed by atoms with Gasteiger partial charge in [0.2, 0.25) is 0 Å². The molecular formula is C15H24N2S. The third kappa shape index (κ3) is 4.30. The second-order valence-corrected chi connectivity index (χ2v) is 5.90. The maximum atomic E-state index is 3.67. The van der Waals surface area contributed by atoms with Crippen LogP contribution in [0.5, 0.6) is 0 Å². The average molecular weight is 264 g/mol. The van der Waals surface area contributed by atoms with Crippen LogP contribution >= 0.6 is 11.8 Å². The molecular weight excluding hydrogens is 240 g/mol. The zero-order valence-electron chi connectivity index (χ0n) is 11.3. The van der Waals surface area contributed by atoms with Gasteiger partial charge in [-0.25, -0.2) is 0 Å². The minimum absolute atomic E-state index is 0.503. The molecule has 1 N–H and O–H groups in total. The Balaban J connectivity index is 1.91. The minimum atomic E-state index is 0.503. The van der Waals surface area contributed by atoms with Gasteiger partial charge in [-0.05, 0) is 50.0 Å². The van der Waals surface area contributed by atoms with Crippen LogP contribution in [-0.2, 0) is 0 Å². The van der Waals surface area contributed by atoms with Crippen LogP contribution in [0.3, 0.4) is 0 Å². The maximum absolute atomic E-state index is 3.67. The lowest BCUT2D eigenvalue weighted by Gasteiger charge is -2.24. The number of nitrogens with one attached hydrogen (secondary N) is 1. The highest BCUT2D eigenvalue weighted by atomic mass is 32.2. The first kappa shape index (κ1) is 13.9. The molecule has 0 spiro atoms. The molecule has 2 nitrogen and oxygen atoms in total. The summed E-state index contributed by atoms with van der Waals surface area (Å²) in [6, 6.07) is 11.4. The third-order valence-electron chi connectivity index (χ3n) is 3.51. The summed E-state index contributed by atoms with van der Waals surface area (Å²) in [4.78, 5) is 2.62. The van der Waals surface area contributed by atoms with E-state index < -0.39 is 0 Å². The molecule has 1 aromatic rings. The fourth-order valence-corrected chi connectivity index (χ4v) is 2.95. The normalized spacial score (nSPS) is 21.7. The summed E-state index contributed by atoms with van der Waals surface area (Å²) >= 11 is 1.95. The molecule has 1 saturated heterocycles. The van der Waals surface area contributed by atoms with Crippen molar-refractivity contribution in [3.05, 3.63) is 35.9 Å². The van der Waals surface area contributed by atoms with Crippen LogP contribution in [0.25, 0.3) is 0 Å². The van der Waals surface area contributed by atoms with Crippen LogP contribution < -0.4 is 5.32 Å². The Morgan fingerprint density at radius 3 is 2.94 bits per heavy atom. The highest BCUT2D eigenvalue weighted by Crippen LogP contribution is 2.17.